The second-order valence-electron chi connectivity index (χ2n) is 27.2. The van der Waals surface area contributed by atoms with Gasteiger partial charge in [-0.1, -0.05) is 316 Å². The van der Waals surface area contributed by atoms with Gasteiger partial charge in [0, 0.05) is 25.7 Å². The number of aliphatic hydroxyl groups excluding tert-OH is 1. The van der Waals surface area contributed by atoms with Crippen molar-refractivity contribution in [1.29, 1.82) is 0 Å². The predicted molar refractivity (Wildman–Crippen MR) is 386 cm³/mol. The topological polar surface area (TPSA) is 237 Å². The number of phosphoric acid groups is 2. The number of rotatable bonds is 73. The Morgan fingerprint density at radius 1 is 0.337 bits per heavy atom. The first-order chi connectivity index (χ1) is 45.9. The van der Waals surface area contributed by atoms with E-state index in [-0.39, 0.29) is 25.7 Å². The molecular formula is C76H144O17P2. The Labute approximate surface area is 580 Å². The molecule has 0 radical (unpaired) electrons. The van der Waals surface area contributed by atoms with Gasteiger partial charge in [0.2, 0.25) is 0 Å². The average Bonchev–Trinajstić information content (AvgIpc) is 1.66. The van der Waals surface area contributed by atoms with Gasteiger partial charge in [-0.3, -0.25) is 37.3 Å². The van der Waals surface area contributed by atoms with Crippen LogP contribution in [0.1, 0.15) is 369 Å². The molecule has 7 atom stereocenters. The molecule has 0 aliphatic carbocycles. The molecule has 95 heavy (non-hydrogen) atoms. The number of hydrogen-bond acceptors (Lipinski definition) is 15. The van der Waals surface area contributed by atoms with Crippen molar-refractivity contribution in [3.8, 4) is 0 Å². The van der Waals surface area contributed by atoms with Crippen LogP contribution in [0.3, 0.4) is 0 Å². The molecular weight excluding hydrogens is 1250 g/mol. The Hall–Kier alpha value is -2.46. The van der Waals surface area contributed by atoms with Crippen molar-refractivity contribution in [2.45, 2.75) is 387 Å². The minimum absolute atomic E-state index is 0.101. The summed E-state index contributed by atoms with van der Waals surface area (Å²) in [7, 11) is -9.92. The van der Waals surface area contributed by atoms with E-state index in [1.165, 1.54) is 167 Å². The molecule has 0 rings (SSSR count). The number of aliphatic hydroxyl groups is 1. The fraction of sp³-hybridized carbons (Fsp3) is 0.895. The number of hydrogen-bond donors (Lipinski definition) is 3. The van der Waals surface area contributed by atoms with Crippen LogP contribution in [-0.2, 0) is 65.4 Å². The van der Waals surface area contributed by atoms with E-state index in [4.69, 9.17) is 37.0 Å². The molecule has 0 saturated carbocycles. The SMILES string of the molecule is CCCCCC/C=C\C=C/CCCCCCCC(=O)OC[C@H](COP(=O)(O)OC[C@@H](O)COP(=O)(O)OC[C@@H](COC(=O)CCCCCCCCCCCC)OC(=O)CCCCCCCCCCC(C)CC)OC(=O)CCCCCCCCCCCCCCCCC(C)CC. The monoisotopic (exact) mass is 1390 g/mol. The van der Waals surface area contributed by atoms with Gasteiger partial charge in [-0.2, -0.15) is 0 Å². The van der Waals surface area contributed by atoms with Crippen LogP contribution in [0, 0.1) is 11.8 Å². The molecule has 0 aliphatic rings. The van der Waals surface area contributed by atoms with Crippen molar-refractivity contribution in [2.24, 2.45) is 11.8 Å². The van der Waals surface area contributed by atoms with Gasteiger partial charge in [-0.25, -0.2) is 9.13 Å². The molecule has 560 valence electrons. The summed E-state index contributed by atoms with van der Waals surface area (Å²) in [6.07, 6.45) is 57.5. The Morgan fingerprint density at radius 2 is 0.589 bits per heavy atom. The van der Waals surface area contributed by atoms with E-state index < -0.39 is 97.5 Å². The maximum atomic E-state index is 13.1. The zero-order valence-electron chi connectivity index (χ0n) is 61.5. The Balaban J connectivity index is 5.28. The summed E-state index contributed by atoms with van der Waals surface area (Å²) < 4.78 is 68.5. The Bertz CT molecular complexity index is 1940. The third-order valence-corrected chi connectivity index (χ3v) is 19.7. The maximum Gasteiger partial charge on any atom is 0.472 e. The van der Waals surface area contributed by atoms with Crippen molar-refractivity contribution >= 4 is 39.5 Å². The molecule has 0 aromatic carbocycles. The second-order valence-corrected chi connectivity index (χ2v) is 30.1. The van der Waals surface area contributed by atoms with Gasteiger partial charge in [0.1, 0.15) is 19.3 Å². The summed E-state index contributed by atoms with van der Waals surface area (Å²) in [6, 6.07) is 0. The van der Waals surface area contributed by atoms with Crippen molar-refractivity contribution in [1.82, 2.24) is 0 Å². The van der Waals surface area contributed by atoms with E-state index in [9.17, 15) is 43.2 Å². The molecule has 0 fully saturated rings. The van der Waals surface area contributed by atoms with Crippen LogP contribution < -0.4 is 0 Å². The Kier molecular flexibility index (Phi) is 65.6. The number of carbonyl (C=O) groups excluding carboxylic acids is 4. The van der Waals surface area contributed by atoms with E-state index in [0.717, 1.165) is 121 Å². The molecule has 17 nitrogen and oxygen atoms in total. The summed E-state index contributed by atoms with van der Waals surface area (Å²) >= 11 is 0. The minimum atomic E-state index is -4.96. The number of phosphoric ester groups is 2. The first-order valence-electron chi connectivity index (χ1n) is 38.9. The largest absolute Gasteiger partial charge is 0.472 e. The molecule has 0 amide bonds. The van der Waals surface area contributed by atoms with Crippen LogP contribution in [0.2, 0.25) is 0 Å². The zero-order chi connectivity index (χ0) is 70.0. The third kappa shape index (κ3) is 67.2. The third-order valence-electron chi connectivity index (χ3n) is 17.8. The normalized spacial score (nSPS) is 14.7. The summed E-state index contributed by atoms with van der Waals surface area (Å²) in [5, 5.41) is 10.6. The summed E-state index contributed by atoms with van der Waals surface area (Å²) in [5.74, 6) is -0.536. The van der Waals surface area contributed by atoms with Crippen LogP contribution >= 0.6 is 15.6 Å². The quantitative estimate of drug-likeness (QED) is 0.0169. The summed E-state index contributed by atoms with van der Waals surface area (Å²) in [4.78, 5) is 72.8. The highest BCUT2D eigenvalue weighted by molar-refractivity contribution is 7.47. The highest BCUT2D eigenvalue weighted by Gasteiger charge is 2.30. The fourth-order valence-electron chi connectivity index (χ4n) is 11.0. The standard InChI is InChI=1S/C76H144O17P2/c1-7-11-13-15-17-19-21-22-23-27-30-34-41-47-53-59-74(79)87-64-71(92-75(80)60-54-48-42-35-31-28-25-24-26-29-32-38-44-50-56-68(5)9-3)66-90-94(82,83)88-62-70(77)63-89-95(84,85)91-67-72(65-86-73(78)58-52-46-40-33-20-18-16-14-12-8-2)93-76(81)61-55-49-43-37-36-39-45-51-57-69(6)10-4/h19,21-23,68-72,77H,7-18,20,24-67H2,1-6H3,(H,82,83)(H,84,85)/b21-19-,23-22-/t68?,69?,70-,71-,72-/m1/s1. The van der Waals surface area contributed by atoms with E-state index >= 15 is 0 Å². The van der Waals surface area contributed by atoms with Crippen LogP contribution in [-0.4, -0.2) is 96.7 Å². The summed E-state index contributed by atoms with van der Waals surface area (Å²) in [6.45, 7) is 9.57. The van der Waals surface area contributed by atoms with Gasteiger partial charge in [0.25, 0.3) is 0 Å². The van der Waals surface area contributed by atoms with Crippen LogP contribution in [0.25, 0.3) is 0 Å². The first-order valence-corrected chi connectivity index (χ1v) is 41.9. The first kappa shape index (κ1) is 92.5. The maximum absolute atomic E-state index is 13.1. The van der Waals surface area contributed by atoms with E-state index in [1.54, 1.807) is 0 Å². The molecule has 0 aliphatic heterocycles. The number of unbranched alkanes of at least 4 members (excludes halogenated alkanes) is 38. The van der Waals surface area contributed by atoms with Crippen LogP contribution in [0.5, 0.6) is 0 Å². The van der Waals surface area contributed by atoms with Gasteiger partial charge < -0.3 is 33.8 Å². The lowest BCUT2D eigenvalue weighted by Gasteiger charge is -2.21. The second kappa shape index (κ2) is 67.4. The highest BCUT2D eigenvalue weighted by atomic mass is 31.2. The van der Waals surface area contributed by atoms with E-state index in [2.05, 4.69) is 65.8 Å². The lowest BCUT2D eigenvalue weighted by molar-refractivity contribution is -0.161. The van der Waals surface area contributed by atoms with Gasteiger partial charge in [0.15, 0.2) is 12.2 Å². The van der Waals surface area contributed by atoms with Crippen molar-refractivity contribution < 1.29 is 80.2 Å². The molecule has 0 saturated heterocycles. The Morgan fingerprint density at radius 3 is 0.895 bits per heavy atom. The summed E-state index contributed by atoms with van der Waals surface area (Å²) in [5.41, 5.74) is 0. The predicted octanol–water partition coefficient (Wildman–Crippen LogP) is 21.9. The van der Waals surface area contributed by atoms with Crippen molar-refractivity contribution in [3.63, 3.8) is 0 Å². The van der Waals surface area contributed by atoms with Gasteiger partial charge in [-0.05, 0) is 63.2 Å². The highest BCUT2D eigenvalue weighted by Crippen LogP contribution is 2.45. The average molecular weight is 1390 g/mol. The number of allylic oxidation sites excluding steroid dienone is 4. The number of carbonyl (C=O) groups is 4. The van der Waals surface area contributed by atoms with Gasteiger partial charge >= 0.3 is 39.5 Å². The minimum Gasteiger partial charge on any atom is -0.462 e. The van der Waals surface area contributed by atoms with Crippen molar-refractivity contribution in [2.75, 3.05) is 39.6 Å². The lowest BCUT2D eigenvalue weighted by atomic mass is 9.99. The van der Waals surface area contributed by atoms with Crippen LogP contribution in [0.15, 0.2) is 24.3 Å². The van der Waals surface area contributed by atoms with Crippen molar-refractivity contribution in [3.05, 3.63) is 24.3 Å². The van der Waals surface area contributed by atoms with E-state index in [1.807, 2.05) is 0 Å². The molecule has 3 N–H and O–H groups in total. The zero-order valence-corrected chi connectivity index (χ0v) is 63.2. The molecule has 0 aromatic rings. The van der Waals surface area contributed by atoms with Gasteiger partial charge in [-0.15, -0.1) is 0 Å². The molecule has 0 aromatic heterocycles. The molecule has 0 heterocycles. The number of esters is 4. The van der Waals surface area contributed by atoms with Crippen LogP contribution in [0.4, 0.5) is 0 Å². The van der Waals surface area contributed by atoms with Gasteiger partial charge in [0.05, 0.1) is 26.4 Å². The fourth-order valence-corrected chi connectivity index (χ4v) is 12.6. The smallest absolute Gasteiger partial charge is 0.462 e. The lowest BCUT2D eigenvalue weighted by Crippen LogP contribution is -2.30. The molecule has 19 heteroatoms. The molecule has 0 bridgehead atoms. The molecule has 0 spiro atoms. The molecule has 4 unspecified atom stereocenters. The van der Waals surface area contributed by atoms with E-state index in [0.29, 0.717) is 25.7 Å². The number of ether oxygens (including phenoxy) is 4.